The van der Waals surface area contributed by atoms with Crippen LogP contribution in [0.25, 0.3) is 6.08 Å². The van der Waals surface area contributed by atoms with E-state index >= 15 is 0 Å². The molecule has 0 bridgehead atoms. The minimum absolute atomic E-state index is 0.264. The monoisotopic (exact) mass is 407 g/mol. The number of para-hydroxylation sites is 1. The molecule has 1 heterocycles. The molecule has 8 heteroatoms. The standard InChI is InChI=1S/C21H21N5O2S/c1-26-15-23-25-21(26)29-14-16-9-11-18(12-10-16)20(27)24-22-13-5-7-17-6-3-4-8-19(17)28-2/h3-13,15H,14H2,1-2H3,(H,24,27)/b7-5+,22-13-. The van der Waals surface area contributed by atoms with Crippen LogP contribution in [-0.4, -0.2) is 34.0 Å². The molecule has 0 aliphatic carbocycles. The number of hydrogen-bond donors (Lipinski definition) is 1. The van der Waals surface area contributed by atoms with Crippen LogP contribution in [0.5, 0.6) is 5.75 Å². The summed E-state index contributed by atoms with van der Waals surface area (Å²) in [7, 11) is 3.53. The second-order valence-electron chi connectivity index (χ2n) is 6.03. The van der Waals surface area contributed by atoms with E-state index in [9.17, 15) is 4.79 Å². The maximum absolute atomic E-state index is 12.2. The predicted octanol–water partition coefficient (Wildman–Crippen LogP) is 3.55. The molecule has 1 aromatic heterocycles. The highest BCUT2D eigenvalue weighted by atomic mass is 32.2. The summed E-state index contributed by atoms with van der Waals surface area (Å²) < 4.78 is 7.15. The maximum Gasteiger partial charge on any atom is 0.271 e. The zero-order valence-corrected chi connectivity index (χ0v) is 17.0. The number of nitrogens with one attached hydrogen (secondary N) is 1. The topological polar surface area (TPSA) is 81.4 Å². The number of carbonyl (C=O) groups excluding carboxylic acids is 1. The lowest BCUT2D eigenvalue weighted by molar-refractivity contribution is 0.0955. The van der Waals surface area contributed by atoms with Crippen LogP contribution in [0.2, 0.25) is 0 Å². The van der Waals surface area contributed by atoms with E-state index in [1.165, 1.54) is 6.21 Å². The van der Waals surface area contributed by atoms with Gasteiger partial charge in [-0.05, 0) is 35.9 Å². The molecule has 0 atom stereocenters. The van der Waals surface area contributed by atoms with Crippen molar-refractivity contribution in [3.8, 4) is 5.75 Å². The maximum atomic E-state index is 12.2. The highest BCUT2D eigenvalue weighted by molar-refractivity contribution is 7.98. The van der Waals surface area contributed by atoms with E-state index in [1.54, 1.807) is 43.4 Å². The molecule has 0 aliphatic heterocycles. The van der Waals surface area contributed by atoms with E-state index in [0.29, 0.717) is 5.56 Å². The Balaban J connectivity index is 1.49. The Hall–Kier alpha value is -3.39. The molecule has 0 fully saturated rings. The molecule has 0 aliphatic rings. The third-order valence-corrected chi connectivity index (χ3v) is 5.10. The lowest BCUT2D eigenvalue weighted by atomic mass is 10.1. The molecule has 3 aromatic rings. The Bertz CT molecular complexity index is 1010. The SMILES string of the molecule is COc1ccccc1/C=C/C=N\NC(=O)c1ccc(CSc2nncn2C)cc1. The number of hydrogen-bond acceptors (Lipinski definition) is 6. The molecule has 1 N–H and O–H groups in total. The second kappa shape index (κ2) is 10.2. The van der Waals surface area contributed by atoms with Crippen molar-refractivity contribution >= 4 is 30.0 Å². The number of rotatable bonds is 8. The van der Waals surface area contributed by atoms with E-state index in [1.807, 2.05) is 54.1 Å². The fourth-order valence-corrected chi connectivity index (χ4v) is 3.30. The van der Waals surface area contributed by atoms with Gasteiger partial charge in [-0.2, -0.15) is 5.10 Å². The van der Waals surface area contributed by atoms with Gasteiger partial charge in [0.2, 0.25) is 0 Å². The second-order valence-corrected chi connectivity index (χ2v) is 6.97. The van der Waals surface area contributed by atoms with Crippen LogP contribution in [0.4, 0.5) is 0 Å². The predicted molar refractivity (Wildman–Crippen MR) is 115 cm³/mol. The average Bonchev–Trinajstić information content (AvgIpc) is 3.17. The molecule has 7 nitrogen and oxygen atoms in total. The summed E-state index contributed by atoms with van der Waals surface area (Å²) >= 11 is 1.59. The number of methoxy groups -OCH3 is 1. The molecule has 0 radical (unpaired) electrons. The quantitative estimate of drug-likeness (QED) is 0.351. The Morgan fingerprint density at radius 3 is 2.76 bits per heavy atom. The normalized spacial score (nSPS) is 11.2. The number of benzene rings is 2. The molecule has 29 heavy (non-hydrogen) atoms. The first-order valence-corrected chi connectivity index (χ1v) is 9.85. The van der Waals surface area contributed by atoms with Gasteiger partial charge in [0.15, 0.2) is 5.16 Å². The summed E-state index contributed by atoms with van der Waals surface area (Å²) in [5, 5.41) is 12.7. The zero-order valence-electron chi connectivity index (χ0n) is 16.1. The van der Waals surface area contributed by atoms with Gasteiger partial charge in [0.25, 0.3) is 5.91 Å². The largest absolute Gasteiger partial charge is 0.496 e. The lowest BCUT2D eigenvalue weighted by Crippen LogP contribution is -2.17. The van der Waals surface area contributed by atoms with Crippen LogP contribution in [-0.2, 0) is 12.8 Å². The first kappa shape index (κ1) is 20.3. The van der Waals surface area contributed by atoms with Crippen molar-refractivity contribution in [2.75, 3.05) is 7.11 Å². The third kappa shape index (κ3) is 5.79. The van der Waals surface area contributed by atoms with Crippen LogP contribution in [0, 0.1) is 0 Å². The number of nitrogens with zero attached hydrogens (tertiary/aromatic N) is 4. The van der Waals surface area contributed by atoms with Crippen molar-refractivity contribution in [3.63, 3.8) is 0 Å². The molecule has 1 amide bonds. The van der Waals surface area contributed by atoms with E-state index < -0.39 is 0 Å². The molecule has 0 saturated carbocycles. The van der Waals surface area contributed by atoms with Crippen LogP contribution in [0.3, 0.4) is 0 Å². The molecule has 0 unspecified atom stereocenters. The van der Waals surface area contributed by atoms with Crippen LogP contribution in [0.15, 0.2) is 71.2 Å². The summed E-state index contributed by atoms with van der Waals surface area (Å²) in [6.07, 6.45) is 6.79. The Labute approximate surface area is 173 Å². The number of carbonyl (C=O) groups is 1. The molecule has 148 valence electrons. The van der Waals surface area contributed by atoms with E-state index in [-0.39, 0.29) is 5.91 Å². The lowest BCUT2D eigenvalue weighted by Gasteiger charge is -2.03. The Morgan fingerprint density at radius 2 is 2.03 bits per heavy atom. The fourth-order valence-electron chi connectivity index (χ4n) is 2.46. The molecule has 2 aromatic carbocycles. The Morgan fingerprint density at radius 1 is 1.24 bits per heavy atom. The van der Waals surface area contributed by atoms with Gasteiger partial charge in [0.05, 0.1) is 7.11 Å². The first-order valence-electron chi connectivity index (χ1n) is 8.86. The van der Waals surface area contributed by atoms with E-state index in [2.05, 4.69) is 20.7 Å². The van der Waals surface area contributed by atoms with E-state index in [4.69, 9.17) is 4.74 Å². The van der Waals surface area contributed by atoms with Gasteiger partial charge >= 0.3 is 0 Å². The first-order chi connectivity index (χ1) is 14.2. The number of amides is 1. The van der Waals surface area contributed by atoms with Gasteiger partial charge in [-0.3, -0.25) is 4.79 Å². The number of hydrazone groups is 1. The minimum atomic E-state index is -0.264. The number of allylic oxidation sites excluding steroid dienone is 1. The highest BCUT2D eigenvalue weighted by Gasteiger charge is 2.06. The summed E-state index contributed by atoms with van der Waals surface area (Å²) in [6.45, 7) is 0. The smallest absolute Gasteiger partial charge is 0.271 e. The zero-order chi connectivity index (χ0) is 20.5. The van der Waals surface area contributed by atoms with Crippen LogP contribution in [0.1, 0.15) is 21.5 Å². The van der Waals surface area contributed by atoms with Gasteiger partial charge in [0, 0.05) is 30.1 Å². The van der Waals surface area contributed by atoms with Crippen LogP contribution < -0.4 is 10.2 Å². The van der Waals surface area contributed by atoms with Crippen molar-refractivity contribution in [1.29, 1.82) is 0 Å². The summed E-state index contributed by atoms with van der Waals surface area (Å²) in [6, 6.07) is 15.1. The minimum Gasteiger partial charge on any atom is -0.496 e. The van der Waals surface area contributed by atoms with Crippen LogP contribution >= 0.6 is 11.8 Å². The van der Waals surface area contributed by atoms with Gasteiger partial charge in [-0.15, -0.1) is 10.2 Å². The molecular formula is C21H21N5O2S. The number of aryl methyl sites for hydroxylation is 1. The van der Waals surface area contributed by atoms with Crippen molar-refractivity contribution in [1.82, 2.24) is 20.2 Å². The van der Waals surface area contributed by atoms with Gasteiger partial charge < -0.3 is 9.30 Å². The molecular weight excluding hydrogens is 386 g/mol. The van der Waals surface area contributed by atoms with Crippen molar-refractivity contribution in [2.45, 2.75) is 10.9 Å². The fraction of sp³-hybridized carbons (Fsp3) is 0.143. The highest BCUT2D eigenvalue weighted by Crippen LogP contribution is 2.20. The number of ether oxygens (including phenoxy) is 1. The molecule has 3 rings (SSSR count). The van der Waals surface area contributed by atoms with E-state index in [0.717, 1.165) is 27.8 Å². The number of aromatic nitrogens is 3. The molecule has 0 spiro atoms. The van der Waals surface area contributed by atoms with Crippen molar-refractivity contribution < 1.29 is 9.53 Å². The molecule has 0 saturated heterocycles. The van der Waals surface area contributed by atoms with Gasteiger partial charge in [0.1, 0.15) is 12.1 Å². The third-order valence-electron chi connectivity index (χ3n) is 4.00. The average molecular weight is 407 g/mol. The summed E-state index contributed by atoms with van der Waals surface area (Å²) in [5.74, 6) is 1.26. The Kier molecular flexibility index (Phi) is 7.18. The van der Waals surface area contributed by atoms with Crippen molar-refractivity contribution in [3.05, 3.63) is 77.6 Å². The number of thioether (sulfide) groups is 1. The summed E-state index contributed by atoms with van der Waals surface area (Å²) in [5.41, 5.74) is 5.09. The van der Waals surface area contributed by atoms with Crippen molar-refractivity contribution in [2.24, 2.45) is 12.1 Å². The summed E-state index contributed by atoms with van der Waals surface area (Å²) in [4.78, 5) is 12.2. The van der Waals surface area contributed by atoms with Gasteiger partial charge in [-0.25, -0.2) is 5.43 Å². The van der Waals surface area contributed by atoms with Gasteiger partial charge in [-0.1, -0.05) is 42.1 Å².